The Bertz CT molecular complexity index is 602. The molecule has 0 aliphatic rings. The molecule has 0 fully saturated rings. The molecule has 5 nitrogen and oxygen atoms in total. The molecule has 6 heteroatoms. The fraction of sp³-hybridized carbons (Fsp3) is 0.0714. The lowest BCUT2D eigenvalue weighted by atomic mass is 10.2. The lowest BCUT2D eigenvalue weighted by Gasteiger charge is -2.04. The summed E-state index contributed by atoms with van der Waals surface area (Å²) in [6.45, 7) is 0. The van der Waals surface area contributed by atoms with Crippen LogP contribution in [0.3, 0.4) is 0 Å². The molecule has 0 atom stereocenters. The number of benzene rings is 1. The van der Waals surface area contributed by atoms with E-state index < -0.39 is 0 Å². The molecule has 1 N–H and O–H groups in total. The van der Waals surface area contributed by atoms with Crippen LogP contribution in [0.1, 0.15) is 15.9 Å². The van der Waals surface area contributed by atoms with Crippen molar-refractivity contribution < 1.29 is 8.98 Å². The third-order valence-corrected chi connectivity index (χ3v) is 2.75. The number of para-hydroxylation sites is 1. The van der Waals surface area contributed by atoms with Gasteiger partial charge in [-0.1, -0.05) is 12.1 Å². The highest BCUT2D eigenvalue weighted by Crippen LogP contribution is 2.19. The van der Waals surface area contributed by atoms with Crippen molar-refractivity contribution in [3.63, 3.8) is 0 Å². The van der Waals surface area contributed by atoms with Crippen molar-refractivity contribution in [2.45, 2.75) is 0 Å². The Hall–Kier alpha value is -2.34. The summed E-state index contributed by atoms with van der Waals surface area (Å²) < 4.78 is 5.38. The second-order valence-corrected chi connectivity index (χ2v) is 4.22. The molecule has 0 aliphatic heterocycles. The van der Waals surface area contributed by atoms with Gasteiger partial charge in [-0.15, -0.1) is 0 Å². The van der Waals surface area contributed by atoms with Crippen LogP contribution in [0, 0.1) is 0 Å². The van der Waals surface area contributed by atoms with Gasteiger partial charge in [-0.25, -0.2) is 5.43 Å². The maximum Gasteiger partial charge on any atom is 0.271 e. The van der Waals surface area contributed by atoms with E-state index in [4.69, 9.17) is 4.18 Å². The first kappa shape index (κ1) is 14.1. The predicted molar refractivity (Wildman–Crippen MR) is 79.9 cm³/mol. The van der Waals surface area contributed by atoms with Gasteiger partial charge in [0.2, 0.25) is 0 Å². The monoisotopic (exact) mass is 287 g/mol. The SMILES string of the molecule is CSOc1ccccc1/C=N/NC(=O)c1ccncc1. The molecule has 1 aromatic heterocycles. The molecule has 2 aromatic rings. The maximum absolute atomic E-state index is 11.8. The molecule has 1 amide bonds. The first-order valence-corrected chi connectivity index (χ1v) is 6.99. The third-order valence-electron chi connectivity index (χ3n) is 2.40. The van der Waals surface area contributed by atoms with Gasteiger partial charge in [0, 0.05) is 29.8 Å². The van der Waals surface area contributed by atoms with Crippen LogP contribution in [0.4, 0.5) is 0 Å². The van der Waals surface area contributed by atoms with E-state index in [2.05, 4.69) is 15.5 Å². The van der Waals surface area contributed by atoms with Crippen molar-refractivity contribution in [2.24, 2.45) is 5.10 Å². The summed E-state index contributed by atoms with van der Waals surface area (Å²) in [5.41, 5.74) is 3.75. The van der Waals surface area contributed by atoms with Crippen molar-refractivity contribution in [3.8, 4) is 5.75 Å². The number of pyridine rings is 1. The zero-order valence-electron chi connectivity index (χ0n) is 10.8. The Morgan fingerprint density at radius 3 is 2.80 bits per heavy atom. The molecule has 0 bridgehead atoms. The number of hydrazone groups is 1. The molecule has 0 aliphatic carbocycles. The number of rotatable bonds is 5. The molecule has 1 aromatic carbocycles. The summed E-state index contributed by atoms with van der Waals surface area (Å²) in [7, 11) is 0. The van der Waals surface area contributed by atoms with Crippen LogP contribution < -0.4 is 9.61 Å². The summed E-state index contributed by atoms with van der Waals surface area (Å²) in [4.78, 5) is 15.6. The topological polar surface area (TPSA) is 63.6 Å². The fourth-order valence-corrected chi connectivity index (χ4v) is 1.81. The van der Waals surface area contributed by atoms with Gasteiger partial charge in [0.15, 0.2) is 0 Å². The zero-order valence-corrected chi connectivity index (χ0v) is 11.6. The predicted octanol–water partition coefficient (Wildman–Crippen LogP) is 2.50. The second-order valence-electron chi connectivity index (χ2n) is 3.72. The minimum Gasteiger partial charge on any atom is -0.425 e. The average molecular weight is 287 g/mol. The molecular formula is C14H13N3O2S. The highest BCUT2D eigenvalue weighted by molar-refractivity contribution is 7.94. The molecule has 0 saturated carbocycles. The Labute approximate surface area is 121 Å². The van der Waals surface area contributed by atoms with Gasteiger partial charge in [-0.05, 0) is 24.3 Å². The van der Waals surface area contributed by atoms with Crippen molar-refractivity contribution in [3.05, 3.63) is 59.9 Å². The van der Waals surface area contributed by atoms with Crippen molar-refractivity contribution in [1.82, 2.24) is 10.4 Å². The summed E-state index contributed by atoms with van der Waals surface area (Å²) in [5.74, 6) is 0.411. The number of carbonyl (C=O) groups excluding carboxylic acids is 1. The Balaban J connectivity index is 2.02. The van der Waals surface area contributed by atoms with Crippen LogP contribution in [0.15, 0.2) is 53.9 Å². The highest BCUT2D eigenvalue weighted by atomic mass is 32.2. The standard InChI is InChI=1S/C14H13N3O2S/c1-20-19-13-5-3-2-4-12(13)10-16-17-14(18)11-6-8-15-9-7-11/h2-10H,1H3,(H,17,18)/b16-10+. The molecule has 102 valence electrons. The zero-order chi connectivity index (χ0) is 14.2. The van der Waals surface area contributed by atoms with Gasteiger partial charge in [-0.3, -0.25) is 9.78 Å². The number of carbonyl (C=O) groups is 1. The van der Waals surface area contributed by atoms with Gasteiger partial charge in [0.25, 0.3) is 5.91 Å². The van der Waals surface area contributed by atoms with Crippen LogP contribution in [0.5, 0.6) is 5.75 Å². The minimum absolute atomic E-state index is 0.285. The van der Waals surface area contributed by atoms with Crippen LogP contribution >= 0.6 is 12.0 Å². The first-order chi connectivity index (χ1) is 9.81. The van der Waals surface area contributed by atoms with Crippen molar-refractivity contribution in [1.29, 1.82) is 0 Å². The second kappa shape index (κ2) is 7.30. The van der Waals surface area contributed by atoms with Crippen LogP contribution in [0.2, 0.25) is 0 Å². The minimum atomic E-state index is -0.285. The highest BCUT2D eigenvalue weighted by Gasteiger charge is 2.03. The summed E-state index contributed by atoms with van der Waals surface area (Å²) in [6, 6.07) is 10.7. The van der Waals surface area contributed by atoms with Gasteiger partial charge < -0.3 is 4.18 Å². The van der Waals surface area contributed by atoms with E-state index in [1.54, 1.807) is 30.7 Å². The van der Waals surface area contributed by atoms with E-state index in [-0.39, 0.29) is 5.91 Å². The maximum atomic E-state index is 11.8. The van der Waals surface area contributed by atoms with Gasteiger partial charge >= 0.3 is 0 Å². The van der Waals surface area contributed by atoms with Gasteiger partial charge in [0.05, 0.1) is 18.3 Å². The van der Waals surface area contributed by atoms with E-state index in [1.165, 1.54) is 12.0 Å². The average Bonchev–Trinajstić information content (AvgIpc) is 2.50. The molecule has 0 saturated heterocycles. The van der Waals surface area contributed by atoms with E-state index >= 15 is 0 Å². The summed E-state index contributed by atoms with van der Waals surface area (Å²) in [6.07, 6.45) is 6.49. The largest absolute Gasteiger partial charge is 0.425 e. The molecule has 0 unspecified atom stereocenters. The number of nitrogens with zero attached hydrogens (tertiary/aromatic N) is 2. The van der Waals surface area contributed by atoms with Crippen LogP contribution in [0.25, 0.3) is 0 Å². The van der Waals surface area contributed by atoms with E-state index in [0.717, 1.165) is 5.56 Å². The quantitative estimate of drug-likeness (QED) is 0.521. The number of hydrogen-bond acceptors (Lipinski definition) is 5. The molecule has 0 spiro atoms. The Morgan fingerprint density at radius 1 is 1.30 bits per heavy atom. The number of amides is 1. The first-order valence-electron chi connectivity index (χ1n) is 5.84. The van der Waals surface area contributed by atoms with E-state index in [0.29, 0.717) is 11.3 Å². The Kier molecular flexibility index (Phi) is 5.14. The summed E-state index contributed by atoms with van der Waals surface area (Å²) >= 11 is 1.25. The van der Waals surface area contributed by atoms with Gasteiger partial charge in [0.1, 0.15) is 5.75 Å². The fourth-order valence-electron chi connectivity index (χ4n) is 1.48. The number of aromatic nitrogens is 1. The smallest absolute Gasteiger partial charge is 0.271 e. The number of nitrogens with one attached hydrogen (secondary N) is 1. The third kappa shape index (κ3) is 3.83. The number of hydrogen-bond donors (Lipinski definition) is 1. The Morgan fingerprint density at radius 2 is 2.05 bits per heavy atom. The van der Waals surface area contributed by atoms with Crippen LogP contribution in [-0.4, -0.2) is 23.4 Å². The van der Waals surface area contributed by atoms with Crippen molar-refractivity contribution in [2.75, 3.05) is 6.26 Å². The van der Waals surface area contributed by atoms with E-state index in [1.807, 2.05) is 30.5 Å². The molecule has 2 rings (SSSR count). The lowest BCUT2D eigenvalue weighted by Crippen LogP contribution is -2.17. The van der Waals surface area contributed by atoms with E-state index in [9.17, 15) is 4.79 Å². The molecule has 20 heavy (non-hydrogen) atoms. The molecule has 0 radical (unpaired) electrons. The van der Waals surface area contributed by atoms with Crippen LogP contribution in [-0.2, 0) is 0 Å². The van der Waals surface area contributed by atoms with Crippen molar-refractivity contribution >= 4 is 24.2 Å². The summed E-state index contributed by atoms with van der Waals surface area (Å²) in [5, 5.41) is 3.93. The van der Waals surface area contributed by atoms with Gasteiger partial charge in [-0.2, -0.15) is 5.10 Å². The normalized spacial score (nSPS) is 10.4. The lowest BCUT2D eigenvalue weighted by molar-refractivity contribution is 0.0955. The molecule has 1 heterocycles. The molecular weight excluding hydrogens is 274 g/mol.